The Labute approximate surface area is 124 Å². The van der Waals surface area contributed by atoms with E-state index in [1.54, 1.807) is 0 Å². The van der Waals surface area contributed by atoms with Crippen LogP contribution >= 0.6 is 0 Å². The fraction of sp³-hybridized carbons (Fsp3) is 0.647. The van der Waals surface area contributed by atoms with Gasteiger partial charge in [0.05, 0.1) is 6.10 Å². The maximum atomic E-state index is 10.6. The van der Waals surface area contributed by atoms with Gasteiger partial charge in [0, 0.05) is 25.8 Å². The number of unbranched alkanes of at least 4 members (excludes halogenated alkanes) is 1. The second kappa shape index (κ2) is 8.28. The van der Waals surface area contributed by atoms with E-state index < -0.39 is 6.10 Å². The smallest absolute Gasteiger partial charge is 0.0945 e. The number of hydrogen-bond donors (Lipinski definition) is 2. The van der Waals surface area contributed by atoms with Crippen molar-refractivity contribution in [2.45, 2.75) is 45.8 Å². The summed E-state index contributed by atoms with van der Waals surface area (Å²) in [6.45, 7) is 7.46. The molecule has 1 aromatic rings. The SMILES string of the molecule is CCCCNC(C(C)C)C(O)c1ccc(N(C)C)cc1. The zero-order chi connectivity index (χ0) is 15.1. The van der Waals surface area contributed by atoms with Gasteiger partial charge in [0.25, 0.3) is 0 Å². The predicted molar refractivity (Wildman–Crippen MR) is 87.3 cm³/mol. The highest BCUT2D eigenvalue weighted by Crippen LogP contribution is 2.24. The highest BCUT2D eigenvalue weighted by Gasteiger charge is 2.23. The van der Waals surface area contributed by atoms with Crippen LogP contribution in [-0.4, -0.2) is 31.8 Å². The number of anilines is 1. The van der Waals surface area contributed by atoms with Gasteiger partial charge in [0.2, 0.25) is 0 Å². The lowest BCUT2D eigenvalue weighted by atomic mass is 9.93. The molecule has 0 aliphatic heterocycles. The maximum Gasteiger partial charge on any atom is 0.0945 e. The number of rotatable bonds is 8. The lowest BCUT2D eigenvalue weighted by Gasteiger charge is -2.28. The number of nitrogens with zero attached hydrogens (tertiary/aromatic N) is 1. The van der Waals surface area contributed by atoms with E-state index in [0.717, 1.165) is 24.2 Å². The van der Waals surface area contributed by atoms with Gasteiger partial charge in [-0.3, -0.25) is 0 Å². The van der Waals surface area contributed by atoms with Crippen LogP contribution in [-0.2, 0) is 0 Å². The molecule has 0 aromatic heterocycles. The van der Waals surface area contributed by atoms with E-state index in [9.17, 15) is 5.11 Å². The average molecular weight is 278 g/mol. The number of aliphatic hydroxyl groups excluding tert-OH is 1. The van der Waals surface area contributed by atoms with Gasteiger partial charge in [-0.15, -0.1) is 0 Å². The Morgan fingerprint density at radius 3 is 2.20 bits per heavy atom. The van der Waals surface area contributed by atoms with Crippen LogP contribution in [0, 0.1) is 5.92 Å². The first-order valence-corrected chi connectivity index (χ1v) is 7.66. The molecule has 0 bridgehead atoms. The molecule has 2 N–H and O–H groups in total. The summed E-state index contributed by atoms with van der Waals surface area (Å²) in [6.07, 6.45) is 1.86. The van der Waals surface area contributed by atoms with Crippen molar-refractivity contribution in [3.05, 3.63) is 29.8 Å². The Morgan fingerprint density at radius 2 is 1.75 bits per heavy atom. The van der Waals surface area contributed by atoms with Gasteiger partial charge in [0.1, 0.15) is 0 Å². The number of nitrogens with one attached hydrogen (secondary N) is 1. The molecule has 3 nitrogen and oxygen atoms in total. The third-order valence-corrected chi connectivity index (χ3v) is 3.72. The van der Waals surface area contributed by atoms with Crippen LogP contribution in [0.5, 0.6) is 0 Å². The summed E-state index contributed by atoms with van der Waals surface area (Å²) >= 11 is 0. The molecule has 0 amide bonds. The largest absolute Gasteiger partial charge is 0.387 e. The molecule has 0 aliphatic carbocycles. The van der Waals surface area contributed by atoms with Crippen LogP contribution in [0.25, 0.3) is 0 Å². The summed E-state index contributed by atoms with van der Waals surface area (Å²) in [4.78, 5) is 2.07. The topological polar surface area (TPSA) is 35.5 Å². The Kier molecular flexibility index (Phi) is 7.03. The standard InChI is InChI=1S/C17H30N2O/c1-6-7-12-18-16(13(2)3)17(20)14-8-10-15(11-9-14)19(4)5/h8-11,13,16-18,20H,6-7,12H2,1-5H3. The molecule has 2 atom stereocenters. The summed E-state index contributed by atoms with van der Waals surface area (Å²) in [6, 6.07) is 8.27. The van der Waals surface area contributed by atoms with Gasteiger partial charge in [-0.05, 0) is 36.6 Å². The summed E-state index contributed by atoms with van der Waals surface area (Å²) in [5, 5.41) is 14.1. The Hall–Kier alpha value is -1.06. The minimum Gasteiger partial charge on any atom is -0.387 e. The third-order valence-electron chi connectivity index (χ3n) is 3.72. The van der Waals surface area contributed by atoms with E-state index >= 15 is 0 Å². The summed E-state index contributed by atoms with van der Waals surface area (Å²) in [5.41, 5.74) is 2.14. The van der Waals surface area contributed by atoms with Crippen molar-refractivity contribution < 1.29 is 5.11 Å². The average Bonchev–Trinajstić information content (AvgIpc) is 2.42. The molecule has 2 unspecified atom stereocenters. The van der Waals surface area contributed by atoms with Gasteiger partial charge in [-0.2, -0.15) is 0 Å². The highest BCUT2D eigenvalue weighted by atomic mass is 16.3. The van der Waals surface area contributed by atoms with Crippen molar-refractivity contribution >= 4 is 5.69 Å². The zero-order valence-corrected chi connectivity index (χ0v) is 13.6. The van der Waals surface area contributed by atoms with Gasteiger partial charge in [0.15, 0.2) is 0 Å². The lowest BCUT2D eigenvalue weighted by molar-refractivity contribution is 0.105. The molecule has 114 valence electrons. The molecular formula is C17H30N2O. The third kappa shape index (κ3) is 4.80. The molecule has 1 rings (SSSR count). The minimum absolute atomic E-state index is 0.103. The maximum absolute atomic E-state index is 10.6. The number of benzene rings is 1. The summed E-state index contributed by atoms with van der Waals surface area (Å²) < 4.78 is 0. The monoisotopic (exact) mass is 278 g/mol. The van der Waals surface area contributed by atoms with Gasteiger partial charge >= 0.3 is 0 Å². The normalized spacial score (nSPS) is 14.3. The zero-order valence-electron chi connectivity index (χ0n) is 13.6. The highest BCUT2D eigenvalue weighted by molar-refractivity contribution is 5.46. The summed E-state index contributed by atoms with van der Waals surface area (Å²) in [7, 11) is 4.04. The van der Waals surface area contributed by atoms with Crippen LogP contribution in [0.1, 0.15) is 45.3 Å². The first-order chi connectivity index (χ1) is 9.47. The number of aliphatic hydroxyl groups is 1. The quantitative estimate of drug-likeness (QED) is 0.717. The molecule has 0 saturated heterocycles. The van der Waals surface area contributed by atoms with E-state index in [-0.39, 0.29) is 6.04 Å². The Bertz CT molecular complexity index is 373. The van der Waals surface area contributed by atoms with Gasteiger partial charge in [-0.25, -0.2) is 0 Å². The van der Waals surface area contributed by atoms with Crippen LogP contribution in [0.4, 0.5) is 5.69 Å². The molecule has 0 radical (unpaired) electrons. The lowest BCUT2D eigenvalue weighted by Crippen LogP contribution is -2.39. The van der Waals surface area contributed by atoms with Crippen molar-refractivity contribution in [3.63, 3.8) is 0 Å². The fourth-order valence-electron chi connectivity index (χ4n) is 2.33. The van der Waals surface area contributed by atoms with Crippen molar-refractivity contribution in [2.75, 3.05) is 25.5 Å². The minimum atomic E-state index is -0.455. The molecule has 20 heavy (non-hydrogen) atoms. The van der Waals surface area contributed by atoms with Gasteiger partial charge < -0.3 is 15.3 Å². The first-order valence-electron chi connectivity index (χ1n) is 7.66. The van der Waals surface area contributed by atoms with E-state index in [1.165, 1.54) is 6.42 Å². The van der Waals surface area contributed by atoms with E-state index in [4.69, 9.17) is 0 Å². The van der Waals surface area contributed by atoms with Crippen molar-refractivity contribution in [3.8, 4) is 0 Å². The molecule has 0 aliphatic rings. The van der Waals surface area contributed by atoms with Crippen molar-refractivity contribution in [1.29, 1.82) is 0 Å². The second-order valence-corrected chi connectivity index (χ2v) is 6.01. The van der Waals surface area contributed by atoms with Crippen LogP contribution < -0.4 is 10.2 Å². The second-order valence-electron chi connectivity index (χ2n) is 6.01. The van der Waals surface area contributed by atoms with Crippen LogP contribution in [0.3, 0.4) is 0 Å². The first kappa shape index (κ1) is 17.0. The molecule has 3 heteroatoms. The molecule has 0 fully saturated rings. The van der Waals surface area contributed by atoms with Gasteiger partial charge in [-0.1, -0.05) is 39.3 Å². The summed E-state index contributed by atoms with van der Waals surface area (Å²) in [5.74, 6) is 0.399. The molecule has 0 spiro atoms. The van der Waals surface area contributed by atoms with Crippen molar-refractivity contribution in [1.82, 2.24) is 5.32 Å². The van der Waals surface area contributed by atoms with Crippen molar-refractivity contribution in [2.24, 2.45) is 5.92 Å². The number of hydrogen-bond acceptors (Lipinski definition) is 3. The fourth-order valence-corrected chi connectivity index (χ4v) is 2.33. The predicted octanol–water partition coefficient (Wildman–Crippen LogP) is 3.20. The van der Waals surface area contributed by atoms with Crippen LogP contribution in [0.2, 0.25) is 0 Å². The van der Waals surface area contributed by atoms with E-state index in [2.05, 4.69) is 43.1 Å². The van der Waals surface area contributed by atoms with E-state index in [0.29, 0.717) is 5.92 Å². The molecule has 0 saturated carbocycles. The Balaban J connectivity index is 2.75. The molecule has 1 aromatic carbocycles. The Morgan fingerprint density at radius 1 is 1.15 bits per heavy atom. The van der Waals surface area contributed by atoms with E-state index in [1.807, 2.05) is 26.2 Å². The van der Waals surface area contributed by atoms with Crippen LogP contribution in [0.15, 0.2) is 24.3 Å². The molecule has 0 heterocycles. The molecular weight excluding hydrogens is 248 g/mol.